The molecule has 1 heterocycles. The van der Waals surface area contributed by atoms with Gasteiger partial charge in [-0.3, -0.25) is 4.79 Å². The molecular formula is C9H7ClN2O3S. The van der Waals surface area contributed by atoms with Crippen molar-refractivity contribution >= 4 is 30.8 Å². The van der Waals surface area contributed by atoms with Gasteiger partial charge in [0.1, 0.15) is 10.4 Å². The van der Waals surface area contributed by atoms with Gasteiger partial charge < -0.3 is 4.57 Å². The molecule has 0 fully saturated rings. The molecule has 0 aliphatic carbocycles. The van der Waals surface area contributed by atoms with E-state index >= 15 is 0 Å². The highest BCUT2D eigenvalue weighted by molar-refractivity contribution is 8.14. The van der Waals surface area contributed by atoms with Crippen LogP contribution in [-0.2, 0) is 16.1 Å². The lowest BCUT2D eigenvalue weighted by Crippen LogP contribution is -2.17. The Balaban J connectivity index is 3.02. The van der Waals surface area contributed by atoms with E-state index in [0.29, 0.717) is 5.52 Å². The minimum atomic E-state index is -3.86. The van der Waals surface area contributed by atoms with Gasteiger partial charge >= 0.3 is 0 Å². The van der Waals surface area contributed by atoms with Gasteiger partial charge in [0.05, 0.1) is 11.7 Å². The zero-order valence-corrected chi connectivity index (χ0v) is 9.79. The predicted molar refractivity (Wildman–Crippen MR) is 60.0 cm³/mol. The van der Waals surface area contributed by atoms with Crippen molar-refractivity contribution in [2.75, 3.05) is 0 Å². The molecule has 0 bridgehead atoms. The monoisotopic (exact) mass is 258 g/mol. The summed E-state index contributed by atoms with van der Waals surface area (Å²) in [5.41, 5.74) is 0.311. The molecule has 1 aromatic carbocycles. The molecule has 0 saturated heterocycles. The van der Waals surface area contributed by atoms with E-state index in [-0.39, 0.29) is 16.0 Å². The maximum Gasteiger partial charge on any atom is 0.269 e. The van der Waals surface area contributed by atoms with Crippen molar-refractivity contribution in [2.24, 2.45) is 7.05 Å². The Hall–Kier alpha value is -1.40. The van der Waals surface area contributed by atoms with Gasteiger partial charge in [-0.1, -0.05) is 6.07 Å². The fourth-order valence-electron chi connectivity index (χ4n) is 1.43. The van der Waals surface area contributed by atoms with Gasteiger partial charge in [-0.15, -0.1) is 0 Å². The Morgan fingerprint density at radius 1 is 1.38 bits per heavy atom. The van der Waals surface area contributed by atoms with E-state index in [0.717, 1.165) is 6.20 Å². The lowest BCUT2D eigenvalue weighted by atomic mass is 10.3. The topological polar surface area (TPSA) is 69.0 Å². The summed E-state index contributed by atoms with van der Waals surface area (Å²) in [5, 5.41) is 0. The molecule has 0 aliphatic rings. The lowest BCUT2D eigenvalue weighted by molar-refractivity contribution is 0.610. The van der Waals surface area contributed by atoms with Gasteiger partial charge in [-0.2, -0.15) is 0 Å². The number of benzene rings is 1. The molecule has 2 rings (SSSR count). The Morgan fingerprint density at radius 3 is 2.69 bits per heavy atom. The Morgan fingerprint density at radius 2 is 2.06 bits per heavy atom. The van der Waals surface area contributed by atoms with Crippen molar-refractivity contribution in [1.29, 1.82) is 0 Å². The molecule has 0 unspecified atom stereocenters. The van der Waals surface area contributed by atoms with E-state index < -0.39 is 9.05 Å². The number of hydrogen-bond acceptors (Lipinski definition) is 4. The van der Waals surface area contributed by atoms with Gasteiger partial charge in [0.2, 0.25) is 0 Å². The first-order valence-electron chi connectivity index (χ1n) is 4.30. The fourth-order valence-corrected chi connectivity index (χ4v) is 2.44. The van der Waals surface area contributed by atoms with Crippen molar-refractivity contribution in [2.45, 2.75) is 4.90 Å². The van der Waals surface area contributed by atoms with E-state index in [2.05, 4.69) is 4.98 Å². The van der Waals surface area contributed by atoms with Crippen molar-refractivity contribution in [3.63, 3.8) is 0 Å². The van der Waals surface area contributed by atoms with Gasteiger partial charge in [0.25, 0.3) is 14.6 Å². The third-order valence-electron chi connectivity index (χ3n) is 2.24. The number of para-hydroxylation sites is 1. The average Bonchev–Trinajstić information content (AvgIpc) is 2.21. The molecule has 0 N–H and O–H groups in total. The predicted octanol–water partition coefficient (Wildman–Crippen LogP) is 0.861. The zero-order chi connectivity index (χ0) is 11.9. The first kappa shape index (κ1) is 11.1. The molecule has 1 aromatic heterocycles. The second-order valence-corrected chi connectivity index (χ2v) is 5.75. The summed E-state index contributed by atoms with van der Waals surface area (Å²) < 4.78 is 23.9. The number of hydrogen-bond donors (Lipinski definition) is 0. The van der Waals surface area contributed by atoms with Crippen LogP contribution in [0.15, 0.2) is 34.1 Å². The Kier molecular flexibility index (Phi) is 2.47. The SMILES string of the molecule is Cn1c(=O)cnc2c(S(=O)(=O)Cl)cccc21. The highest BCUT2D eigenvalue weighted by Gasteiger charge is 2.16. The molecule has 2 aromatic rings. The van der Waals surface area contributed by atoms with Crippen LogP contribution in [0, 0.1) is 0 Å². The number of halogens is 1. The summed E-state index contributed by atoms with van der Waals surface area (Å²) in [7, 11) is 2.95. The number of rotatable bonds is 1. The van der Waals surface area contributed by atoms with Crippen LogP contribution in [0.1, 0.15) is 0 Å². The van der Waals surface area contributed by atoms with Gasteiger partial charge in [-0.25, -0.2) is 13.4 Å². The third-order valence-corrected chi connectivity index (χ3v) is 3.59. The zero-order valence-electron chi connectivity index (χ0n) is 8.21. The Bertz CT molecular complexity index is 721. The average molecular weight is 259 g/mol. The van der Waals surface area contributed by atoms with Crippen molar-refractivity contribution in [1.82, 2.24) is 9.55 Å². The van der Waals surface area contributed by atoms with E-state index in [1.165, 1.54) is 23.7 Å². The number of fused-ring (bicyclic) bond motifs is 1. The molecule has 0 atom stereocenters. The minimum Gasteiger partial charge on any atom is -0.308 e. The molecule has 0 radical (unpaired) electrons. The molecule has 0 saturated carbocycles. The van der Waals surface area contributed by atoms with E-state index in [1.54, 1.807) is 6.07 Å². The standard InChI is InChI=1S/C9H7ClN2O3S/c1-12-6-3-2-4-7(16(10,14)15)9(6)11-5-8(12)13/h2-5H,1H3. The van der Waals surface area contributed by atoms with Crippen LogP contribution in [0.5, 0.6) is 0 Å². The highest BCUT2D eigenvalue weighted by Crippen LogP contribution is 2.22. The second kappa shape index (κ2) is 3.57. The van der Waals surface area contributed by atoms with Crippen LogP contribution >= 0.6 is 10.7 Å². The van der Waals surface area contributed by atoms with Crippen LogP contribution in [0.2, 0.25) is 0 Å². The number of aromatic nitrogens is 2. The molecule has 7 heteroatoms. The first-order valence-corrected chi connectivity index (χ1v) is 6.61. The van der Waals surface area contributed by atoms with E-state index in [1.807, 2.05) is 0 Å². The summed E-state index contributed by atoms with van der Waals surface area (Å²) in [6.45, 7) is 0. The fraction of sp³-hybridized carbons (Fsp3) is 0.111. The third kappa shape index (κ3) is 1.70. The highest BCUT2D eigenvalue weighted by atomic mass is 35.7. The number of nitrogens with zero attached hydrogens (tertiary/aromatic N) is 2. The molecular weight excluding hydrogens is 252 g/mol. The van der Waals surface area contributed by atoms with Crippen LogP contribution in [0.3, 0.4) is 0 Å². The van der Waals surface area contributed by atoms with Gasteiger partial charge in [0, 0.05) is 17.7 Å². The van der Waals surface area contributed by atoms with Crippen LogP contribution < -0.4 is 5.56 Å². The lowest BCUT2D eigenvalue weighted by Gasteiger charge is -2.05. The van der Waals surface area contributed by atoms with E-state index in [4.69, 9.17) is 10.7 Å². The van der Waals surface area contributed by atoms with Gasteiger partial charge in [0.15, 0.2) is 0 Å². The summed E-state index contributed by atoms with van der Waals surface area (Å²) in [4.78, 5) is 15.0. The molecule has 84 valence electrons. The van der Waals surface area contributed by atoms with Crippen LogP contribution in [0.4, 0.5) is 0 Å². The van der Waals surface area contributed by atoms with Crippen LogP contribution in [-0.4, -0.2) is 18.0 Å². The summed E-state index contributed by atoms with van der Waals surface area (Å²) in [6, 6.07) is 4.47. The normalized spacial score (nSPS) is 11.9. The molecule has 0 amide bonds. The second-order valence-electron chi connectivity index (χ2n) is 3.22. The quantitative estimate of drug-likeness (QED) is 0.712. The first-order chi connectivity index (χ1) is 7.41. The molecule has 0 aliphatic heterocycles. The number of aryl methyl sites for hydroxylation is 1. The van der Waals surface area contributed by atoms with Crippen molar-refractivity contribution < 1.29 is 8.42 Å². The molecule has 0 spiro atoms. The summed E-state index contributed by atoms with van der Waals surface area (Å²) in [5.74, 6) is 0. The minimum absolute atomic E-state index is 0.0951. The maximum atomic E-state index is 11.3. The van der Waals surface area contributed by atoms with Crippen LogP contribution in [0.25, 0.3) is 11.0 Å². The largest absolute Gasteiger partial charge is 0.308 e. The maximum absolute atomic E-state index is 11.3. The van der Waals surface area contributed by atoms with Crippen molar-refractivity contribution in [3.8, 4) is 0 Å². The van der Waals surface area contributed by atoms with Gasteiger partial charge in [-0.05, 0) is 12.1 Å². The van der Waals surface area contributed by atoms with E-state index in [9.17, 15) is 13.2 Å². The summed E-state index contributed by atoms with van der Waals surface area (Å²) in [6.07, 6.45) is 1.06. The molecule has 5 nitrogen and oxygen atoms in total. The van der Waals surface area contributed by atoms with Crippen molar-refractivity contribution in [3.05, 3.63) is 34.7 Å². The summed E-state index contributed by atoms with van der Waals surface area (Å²) >= 11 is 0. The molecule has 16 heavy (non-hydrogen) atoms. The Labute approximate surface area is 95.7 Å². The smallest absolute Gasteiger partial charge is 0.269 e.